The number of carboxylic acid groups (broad SMARTS) is 3. The normalized spacial score (nSPS) is 12.4. The predicted octanol–water partition coefficient (Wildman–Crippen LogP) is 0.428. The van der Waals surface area contributed by atoms with E-state index in [4.69, 9.17) is 15.9 Å². The van der Waals surface area contributed by atoms with Gasteiger partial charge in [-0.3, -0.25) is 14.4 Å². The van der Waals surface area contributed by atoms with Crippen molar-refractivity contribution in [1.29, 1.82) is 0 Å². The Morgan fingerprint density at radius 2 is 1.50 bits per heavy atom. The molecule has 1 aromatic carbocycles. The molecule has 0 spiro atoms. The lowest BCUT2D eigenvalue weighted by atomic mass is 10.0. The van der Waals surface area contributed by atoms with Crippen molar-refractivity contribution < 1.29 is 44.4 Å². The van der Waals surface area contributed by atoms with E-state index in [0.29, 0.717) is 23.9 Å². The van der Waals surface area contributed by atoms with Crippen LogP contribution in [0.5, 0.6) is 5.88 Å². The van der Waals surface area contributed by atoms with E-state index in [1.165, 1.54) is 12.1 Å². The first-order chi connectivity index (χ1) is 18.9. The number of carboxylic acids is 3. The maximum Gasteiger partial charge on any atom is 0.326 e. The number of carbonyl (C=O) groups is 5. The summed E-state index contributed by atoms with van der Waals surface area (Å²) in [5, 5.41) is 42.1. The molecule has 2 atom stereocenters. The number of aromatic hydroxyl groups is 1. The number of nitrogens with one attached hydrogen (secondary N) is 3. The van der Waals surface area contributed by atoms with E-state index in [-0.39, 0.29) is 30.2 Å². The number of aromatic nitrogens is 3. The molecule has 2 aromatic heterocycles. The summed E-state index contributed by atoms with van der Waals surface area (Å²) in [6, 6.07) is 5.33. The van der Waals surface area contributed by atoms with Crippen molar-refractivity contribution in [3.05, 3.63) is 47.2 Å². The average molecular weight is 557 g/mol. The zero-order valence-corrected chi connectivity index (χ0v) is 21.1. The number of anilines is 1. The number of fused-ring (bicyclic) bond motifs is 1. The van der Waals surface area contributed by atoms with Gasteiger partial charge in [-0.2, -0.15) is 9.97 Å². The van der Waals surface area contributed by atoms with Gasteiger partial charge in [-0.25, -0.2) is 9.59 Å². The molecule has 0 aliphatic carbocycles. The number of aromatic amines is 1. The minimum atomic E-state index is -1.43. The van der Waals surface area contributed by atoms with Crippen molar-refractivity contribution in [2.45, 2.75) is 50.6 Å². The van der Waals surface area contributed by atoms with Gasteiger partial charge in [0.15, 0.2) is 0 Å². The number of nitrogens with two attached hydrogens (primary N) is 1. The summed E-state index contributed by atoms with van der Waals surface area (Å²) in [6.45, 7) is 0. The number of carbonyl (C=O) groups excluding carboxylic acids is 2. The van der Waals surface area contributed by atoms with Gasteiger partial charge < -0.3 is 41.8 Å². The molecule has 3 rings (SSSR count). The monoisotopic (exact) mass is 556 g/mol. The van der Waals surface area contributed by atoms with Gasteiger partial charge in [-0.05, 0) is 49.4 Å². The van der Waals surface area contributed by atoms with Crippen molar-refractivity contribution in [2.24, 2.45) is 0 Å². The van der Waals surface area contributed by atoms with Crippen LogP contribution >= 0.6 is 0 Å². The summed E-state index contributed by atoms with van der Waals surface area (Å²) in [7, 11) is 0. The molecule has 40 heavy (non-hydrogen) atoms. The maximum absolute atomic E-state index is 12.6. The van der Waals surface area contributed by atoms with Gasteiger partial charge in [-0.1, -0.05) is 12.1 Å². The molecule has 0 unspecified atom stereocenters. The summed E-state index contributed by atoms with van der Waals surface area (Å²) in [6.07, 6.45) is -0.385. The van der Waals surface area contributed by atoms with E-state index in [9.17, 15) is 34.2 Å². The highest BCUT2D eigenvalue weighted by Crippen LogP contribution is 2.23. The smallest absolute Gasteiger partial charge is 0.326 e. The third-order valence-corrected chi connectivity index (χ3v) is 5.98. The lowest BCUT2D eigenvalue weighted by Crippen LogP contribution is -2.44. The van der Waals surface area contributed by atoms with Crippen LogP contribution in [0.2, 0.25) is 0 Å². The molecule has 3 aromatic rings. The lowest BCUT2D eigenvalue weighted by Gasteiger charge is -2.16. The highest BCUT2D eigenvalue weighted by atomic mass is 16.4. The van der Waals surface area contributed by atoms with Crippen LogP contribution in [0.1, 0.15) is 47.3 Å². The minimum Gasteiger partial charge on any atom is -0.493 e. The largest absolute Gasteiger partial charge is 0.493 e. The molecular weight excluding hydrogens is 528 g/mol. The minimum absolute atomic E-state index is 0.0551. The fraction of sp³-hybridized carbons (Fsp3) is 0.320. The quantitative estimate of drug-likeness (QED) is 0.134. The number of nitrogens with zero attached hydrogens (tertiary/aromatic N) is 2. The van der Waals surface area contributed by atoms with Crippen molar-refractivity contribution in [2.75, 3.05) is 5.73 Å². The van der Waals surface area contributed by atoms with Crippen molar-refractivity contribution >= 4 is 46.7 Å². The standard InChI is InChI=1S/C25H28N6O9/c26-25-30-20-15(22(36)31-25)11-14(27-20)6-3-12-1-4-13(5-2-12)21(35)29-17(24(39)40)7-9-18(32)28-16(23(37)38)8-10-19(33)34/h1-2,4-5,11,16-17H,3,6-10H2,(H,28,32)(H,29,35)(H,33,34)(H,37,38)(H,39,40)(H4,26,27,30,31,36)/t16-,17-/m0/s1. The third-order valence-electron chi connectivity index (χ3n) is 5.98. The summed E-state index contributed by atoms with van der Waals surface area (Å²) < 4.78 is 0. The molecule has 0 saturated heterocycles. The lowest BCUT2D eigenvalue weighted by molar-refractivity contribution is -0.143. The highest BCUT2D eigenvalue weighted by Gasteiger charge is 2.24. The Kier molecular flexibility index (Phi) is 9.56. The van der Waals surface area contributed by atoms with Crippen LogP contribution in [-0.2, 0) is 32.0 Å². The van der Waals surface area contributed by atoms with Gasteiger partial charge in [0.25, 0.3) is 5.91 Å². The molecule has 0 aliphatic rings. The molecule has 2 amide bonds. The second kappa shape index (κ2) is 13.0. The molecule has 0 saturated carbocycles. The SMILES string of the molecule is Nc1nc(O)c2cc(CCc3ccc(C(=O)N[C@@H](CCC(=O)N[C@@H](CCC(=O)O)C(=O)O)C(=O)O)cc3)[nH]c2n1. The number of benzene rings is 1. The molecule has 0 aliphatic heterocycles. The number of H-pyrrole nitrogens is 1. The first-order valence-corrected chi connectivity index (χ1v) is 12.1. The van der Waals surface area contributed by atoms with Crippen LogP contribution in [0.3, 0.4) is 0 Å². The Bertz CT molecular complexity index is 1420. The molecule has 2 heterocycles. The fourth-order valence-electron chi connectivity index (χ4n) is 3.87. The van der Waals surface area contributed by atoms with Crippen molar-refractivity contribution in [3.8, 4) is 5.88 Å². The Balaban J connectivity index is 1.52. The number of hydrogen-bond donors (Lipinski definition) is 8. The molecule has 0 radical (unpaired) electrons. The number of aryl methyl sites for hydroxylation is 2. The van der Waals surface area contributed by atoms with Crippen LogP contribution < -0.4 is 16.4 Å². The predicted molar refractivity (Wildman–Crippen MR) is 138 cm³/mol. The zero-order valence-electron chi connectivity index (χ0n) is 21.1. The summed E-state index contributed by atoms with van der Waals surface area (Å²) in [4.78, 5) is 69.0. The van der Waals surface area contributed by atoms with Crippen molar-refractivity contribution in [1.82, 2.24) is 25.6 Å². The molecule has 0 fully saturated rings. The van der Waals surface area contributed by atoms with Gasteiger partial charge in [0.2, 0.25) is 17.7 Å². The number of amides is 2. The number of rotatable bonds is 14. The van der Waals surface area contributed by atoms with Crippen LogP contribution in [0.15, 0.2) is 30.3 Å². The molecule has 15 heteroatoms. The second-order valence-corrected chi connectivity index (χ2v) is 8.95. The van der Waals surface area contributed by atoms with Crippen molar-refractivity contribution in [3.63, 3.8) is 0 Å². The Hall–Kier alpha value is -5.21. The Morgan fingerprint density at radius 1 is 0.875 bits per heavy atom. The number of hydrogen-bond acceptors (Lipinski definition) is 9. The first-order valence-electron chi connectivity index (χ1n) is 12.1. The van der Waals surface area contributed by atoms with E-state index in [0.717, 1.165) is 11.3 Å². The van der Waals surface area contributed by atoms with E-state index in [2.05, 4.69) is 25.6 Å². The highest BCUT2D eigenvalue weighted by molar-refractivity contribution is 5.96. The number of nitrogen functional groups attached to an aromatic ring is 1. The molecule has 9 N–H and O–H groups in total. The zero-order chi connectivity index (χ0) is 29.4. The van der Waals surface area contributed by atoms with Gasteiger partial charge >= 0.3 is 17.9 Å². The van der Waals surface area contributed by atoms with Crippen LogP contribution in [0.4, 0.5) is 5.95 Å². The van der Waals surface area contributed by atoms with Gasteiger partial charge in [0.1, 0.15) is 17.7 Å². The molecular formula is C25H28N6O9. The first kappa shape index (κ1) is 29.3. The van der Waals surface area contributed by atoms with E-state index < -0.39 is 54.6 Å². The topological polar surface area (TPSA) is 258 Å². The van der Waals surface area contributed by atoms with E-state index in [1.54, 1.807) is 18.2 Å². The molecule has 212 valence electrons. The molecule has 0 bridgehead atoms. The van der Waals surface area contributed by atoms with Gasteiger partial charge in [0.05, 0.1) is 5.39 Å². The third kappa shape index (κ3) is 8.14. The van der Waals surface area contributed by atoms with E-state index >= 15 is 0 Å². The maximum atomic E-state index is 12.6. The summed E-state index contributed by atoms with van der Waals surface area (Å²) >= 11 is 0. The Morgan fingerprint density at radius 3 is 2.12 bits per heavy atom. The summed E-state index contributed by atoms with van der Waals surface area (Å²) in [5.41, 5.74) is 7.82. The van der Waals surface area contributed by atoms with Crippen LogP contribution in [-0.4, -0.2) is 77.2 Å². The van der Waals surface area contributed by atoms with Crippen LogP contribution in [0, 0.1) is 0 Å². The van der Waals surface area contributed by atoms with Crippen LogP contribution in [0.25, 0.3) is 11.0 Å². The molecule has 15 nitrogen and oxygen atoms in total. The fourth-order valence-corrected chi connectivity index (χ4v) is 3.87. The number of aliphatic carboxylic acids is 3. The van der Waals surface area contributed by atoms with Gasteiger partial charge in [-0.15, -0.1) is 0 Å². The van der Waals surface area contributed by atoms with E-state index in [1.807, 2.05) is 0 Å². The Labute approximate surface area is 226 Å². The summed E-state index contributed by atoms with van der Waals surface area (Å²) in [5.74, 6) is -5.76. The average Bonchev–Trinajstić information content (AvgIpc) is 3.30. The second-order valence-electron chi connectivity index (χ2n) is 8.95. The van der Waals surface area contributed by atoms with Gasteiger partial charge in [0, 0.05) is 24.1 Å².